The Bertz CT molecular complexity index is 1140. The number of epoxide rings is 1. The SMILES string of the molecule is CCCCCCC(F)COC1CCc2cc(-c3ccc(OCC4OC4CCCCCC)c(F)c3F)c(F)c(F)c2C1. The van der Waals surface area contributed by atoms with E-state index in [9.17, 15) is 8.78 Å². The quantitative estimate of drug-likeness (QED) is 0.106. The summed E-state index contributed by atoms with van der Waals surface area (Å²) in [6, 6.07) is 3.84. The topological polar surface area (TPSA) is 31.0 Å². The molecule has 1 aliphatic heterocycles. The molecule has 0 bridgehead atoms. The molecule has 3 nitrogen and oxygen atoms in total. The molecule has 0 amide bonds. The minimum absolute atomic E-state index is 0.0697. The number of hydrogen-bond donors (Lipinski definition) is 0. The highest BCUT2D eigenvalue weighted by atomic mass is 19.2. The molecular formula is C33H43F5O3. The van der Waals surface area contributed by atoms with Gasteiger partial charge in [-0.1, -0.05) is 65.2 Å². The zero-order valence-corrected chi connectivity index (χ0v) is 24.3. The summed E-state index contributed by atoms with van der Waals surface area (Å²) in [6.45, 7) is 4.27. The Hall–Kier alpha value is -2.19. The van der Waals surface area contributed by atoms with E-state index in [4.69, 9.17) is 14.2 Å². The van der Waals surface area contributed by atoms with Gasteiger partial charge in [0.25, 0.3) is 0 Å². The van der Waals surface area contributed by atoms with Crippen LogP contribution in [0.5, 0.6) is 5.75 Å². The molecule has 41 heavy (non-hydrogen) atoms. The van der Waals surface area contributed by atoms with Gasteiger partial charge in [-0.05, 0) is 55.0 Å². The summed E-state index contributed by atoms with van der Waals surface area (Å²) in [5.41, 5.74) is -0.0362. The minimum Gasteiger partial charge on any atom is -0.488 e. The first kappa shape index (κ1) is 31.7. The second-order valence-corrected chi connectivity index (χ2v) is 11.4. The summed E-state index contributed by atoms with van der Waals surface area (Å²) in [4.78, 5) is 0. The fraction of sp³-hybridized carbons (Fsp3) is 0.636. The Balaban J connectivity index is 1.35. The van der Waals surface area contributed by atoms with E-state index < -0.39 is 35.5 Å². The second-order valence-electron chi connectivity index (χ2n) is 11.4. The number of benzene rings is 2. The number of alkyl halides is 1. The molecule has 0 saturated carbocycles. The predicted octanol–water partition coefficient (Wildman–Crippen LogP) is 9.21. The van der Waals surface area contributed by atoms with Crippen molar-refractivity contribution in [3.05, 3.63) is 52.6 Å². The zero-order valence-electron chi connectivity index (χ0n) is 24.3. The third kappa shape index (κ3) is 8.44. The Morgan fingerprint density at radius 3 is 2.34 bits per heavy atom. The van der Waals surface area contributed by atoms with Crippen molar-refractivity contribution in [2.45, 2.75) is 122 Å². The fourth-order valence-corrected chi connectivity index (χ4v) is 5.64. The summed E-state index contributed by atoms with van der Waals surface area (Å²) in [7, 11) is 0. The second kappa shape index (κ2) is 15.3. The standard InChI is InChI=1S/C33H43F5O3/c1-3-5-7-9-11-22(34)19-39-23-14-13-21-17-26(32(37)31(36)25(21)18-23)24-15-16-28(33(38)30(24)35)40-20-29-27(41-29)12-10-8-6-4-2/h15-17,22-23,27,29H,3-14,18-20H2,1-2H3. The molecule has 1 saturated heterocycles. The van der Waals surface area contributed by atoms with Crippen molar-refractivity contribution in [3.8, 4) is 16.9 Å². The van der Waals surface area contributed by atoms with Crippen LogP contribution in [0.4, 0.5) is 22.0 Å². The Morgan fingerprint density at radius 1 is 0.854 bits per heavy atom. The van der Waals surface area contributed by atoms with Crippen LogP contribution < -0.4 is 4.74 Å². The number of fused-ring (bicyclic) bond motifs is 1. The first-order valence-electron chi connectivity index (χ1n) is 15.4. The van der Waals surface area contributed by atoms with Crippen molar-refractivity contribution in [1.82, 2.24) is 0 Å². The highest BCUT2D eigenvalue weighted by molar-refractivity contribution is 5.68. The highest BCUT2D eigenvalue weighted by Gasteiger charge is 2.39. The maximum absolute atomic E-state index is 15.2. The monoisotopic (exact) mass is 582 g/mol. The van der Waals surface area contributed by atoms with Crippen LogP contribution in [0.1, 0.15) is 95.6 Å². The number of hydrogen-bond acceptors (Lipinski definition) is 3. The molecule has 4 unspecified atom stereocenters. The minimum atomic E-state index is -1.29. The molecular weight excluding hydrogens is 539 g/mol. The fourth-order valence-electron chi connectivity index (χ4n) is 5.64. The van der Waals surface area contributed by atoms with Crippen molar-refractivity contribution in [2.75, 3.05) is 13.2 Å². The molecule has 2 aromatic carbocycles. The summed E-state index contributed by atoms with van der Waals surface area (Å²) >= 11 is 0. The van der Waals surface area contributed by atoms with Crippen LogP contribution in [0.3, 0.4) is 0 Å². The van der Waals surface area contributed by atoms with Crippen molar-refractivity contribution < 1.29 is 36.2 Å². The predicted molar refractivity (Wildman–Crippen MR) is 150 cm³/mol. The van der Waals surface area contributed by atoms with E-state index in [0.717, 1.165) is 51.4 Å². The molecule has 1 fully saturated rings. The zero-order chi connectivity index (χ0) is 29.4. The molecule has 4 rings (SSSR count). The van der Waals surface area contributed by atoms with E-state index >= 15 is 13.2 Å². The van der Waals surface area contributed by atoms with Gasteiger partial charge < -0.3 is 14.2 Å². The first-order valence-corrected chi connectivity index (χ1v) is 15.4. The van der Waals surface area contributed by atoms with Crippen LogP contribution in [-0.4, -0.2) is 37.7 Å². The van der Waals surface area contributed by atoms with Gasteiger partial charge >= 0.3 is 0 Å². The summed E-state index contributed by atoms with van der Waals surface area (Å²) < 4.78 is 91.3. The number of rotatable bonds is 17. The van der Waals surface area contributed by atoms with Crippen LogP contribution in [0.15, 0.2) is 18.2 Å². The lowest BCUT2D eigenvalue weighted by Gasteiger charge is -2.27. The summed E-state index contributed by atoms with van der Waals surface area (Å²) in [6.07, 6.45) is 9.18. The molecule has 0 aromatic heterocycles. The van der Waals surface area contributed by atoms with Crippen LogP contribution >= 0.6 is 0 Å². The van der Waals surface area contributed by atoms with Crippen molar-refractivity contribution in [1.29, 1.82) is 0 Å². The van der Waals surface area contributed by atoms with Gasteiger partial charge in [-0.25, -0.2) is 17.6 Å². The van der Waals surface area contributed by atoms with Gasteiger partial charge in [-0.15, -0.1) is 0 Å². The van der Waals surface area contributed by atoms with E-state index in [1.165, 1.54) is 24.6 Å². The van der Waals surface area contributed by atoms with Crippen LogP contribution in [0, 0.1) is 23.3 Å². The molecule has 0 spiro atoms. The third-order valence-electron chi connectivity index (χ3n) is 8.22. The van der Waals surface area contributed by atoms with Gasteiger partial charge in [-0.3, -0.25) is 0 Å². The average Bonchev–Trinajstić information content (AvgIpc) is 3.73. The molecule has 4 atom stereocenters. The largest absolute Gasteiger partial charge is 0.488 e. The third-order valence-corrected chi connectivity index (χ3v) is 8.22. The van der Waals surface area contributed by atoms with Crippen LogP contribution in [0.2, 0.25) is 0 Å². The van der Waals surface area contributed by atoms with E-state index in [1.54, 1.807) is 0 Å². The van der Waals surface area contributed by atoms with Gasteiger partial charge in [-0.2, -0.15) is 4.39 Å². The molecule has 1 aliphatic carbocycles. The van der Waals surface area contributed by atoms with Gasteiger partial charge in [0.15, 0.2) is 23.2 Å². The molecule has 228 valence electrons. The van der Waals surface area contributed by atoms with Crippen molar-refractivity contribution in [2.24, 2.45) is 0 Å². The van der Waals surface area contributed by atoms with Crippen LogP contribution in [0.25, 0.3) is 11.1 Å². The molecule has 0 N–H and O–H groups in total. The lowest BCUT2D eigenvalue weighted by molar-refractivity contribution is 0.00865. The van der Waals surface area contributed by atoms with Gasteiger partial charge in [0.05, 0.1) is 18.8 Å². The smallest absolute Gasteiger partial charge is 0.201 e. The maximum Gasteiger partial charge on any atom is 0.201 e. The van der Waals surface area contributed by atoms with E-state index in [1.807, 2.05) is 0 Å². The van der Waals surface area contributed by atoms with E-state index in [0.29, 0.717) is 24.8 Å². The summed E-state index contributed by atoms with van der Waals surface area (Å²) in [5, 5.41) is 0. The molecule has 0 radical (unpaired) electrons. The molecule has 2 aromatic rings. The van der Waals surface area contributed by atoms with Crippen molar-refractivity contribution >= 4 is 0 Å². The molecule has 2 aliphatic rings. The van der Waals surface area contributed by atoms with Crippen LogP contribution in [-0.2, 0) is 22.3 Å². The molecule has 1 heterocycles. The van der Waals surface area contributed by atoms with Gasteiger partial charge in [0.2, 0.25) is 5.82 Å². The number of ether oxygens (including phenoxy) is 3. The number of halogens is 5. The summed E-state index contributed by atoms with van der Waals surface area (Å²) in [5.74, 6) is -5.17. The van der Waals surface area contributed by atoms with E-state index in [2.05, 4.69) is 13.8 Å². The first-order chi connectivity index (χ1) is 19.8. The molecule has 8 heteroatoms. The lowest BCUT2D eigenvalue weighted by atomic mass is 9.86. The Kier molecular flexibility index (Phi) is 11.9. The van der Waals surface area contributed by atoms with Gasteiger partial charge in [0.1, 0.15) is 18.9 Å². The van der Waals surface area contributed by atoms with E-state index in [-0.39, 0.29) is 54.3 Å². The average molecular weight is 583 g/mol. The maximum atomic E-state index is 15.2. The Labute approximate surface area is 240 Å². The highest BCUT2D eigenvalue weighted by Crippen LogP contribution is 2.37. The van der Waals surface area contributed by atoms with Gasteiger partial charge in [0, 0.05) is 17.5 Å². The van der Waals surface area contributed by atoms with Crippen molar-refractivity contribution in [3.63, 3.8) is 0 Å². The Morgan fingerprint density at radius 2 is 1.59 bits per heavy atom. The number of unbranched alkanes of at least 4 members (excludes halogenated alkanes) is 6. The number of aryl methyl sites for hydroxylation is 1. The normalized spacial score (nSPS) is 20.6. The lowest BCUT2D eigenvalue weighted by Crippen LogP contribution is -2.27.